The quantitative estimate of drug-likeness (QED) is 0.830. The number of hydrogen-bond acceptors (Lipinski definition) is 3. The first kappa shape index (κ1) is 12.6. The van der Waals surface area contributed by atoms with E-state index in [2.05, 4.69) is 16.7 Å². The van der Waals surface area contributed by atoms with Crippen LogP contribution in [0.25, 0.3) is 0 Å². The lowest BCUT2D eigenvalue weighted by Crippen LogP contribution is -2.23. The Morgan fingerprint density at radius 1 is 1.50 bits per heavy atom. The van der Waals surface area contributed by atoms with E-state index >= 15 is 0 Å². The summed E-state index contributed by atoms with van der Waals surface area (Å²) < 4.78 is 0. The van der Waals surface area contributed by atoms with Gasteiger partial charge in [0.2, 0.25) is 5.91 Å². The first-order valence-electron chi connectivity index (χ1n) is 6.23. The second-order valence-electron chi connectivity index (χ2n) is 4.67. The van der Waals surface area contributed by atoms with Crippen LogP contribution in [0.5, 0.6) is 0 Å². The fraction of sp³-hybridized carbons (Fsp3) is 0.429. The number of carbonyl (C=O) groups is 1. The summed E-state index contributed by atoms with van der Waals surface area (Å²) in [6.45, 7) is 2.63. The first-order valence-corrected chi connectivity index (χ1v) is 6.23. The van der Waals surface area contributed by atoms with E-state index in [1.165, 1.54) is 12.8 Å². The molecule has 1 aromatic carbocycles. The molecule has 0 atom stereocenters. The molecule has 0 heterocycles. The van der Waals surface area contributed by atoms with Crippen molar-refractivity contribution < 1.29 is 4.79 Å². The summed E-state index contributed by atoms with van der Waals surface area (Å²) in [6, 6.07) is 8.00. The summed E-state index contributed by atoms with van der Waals surface area (Å²) in [4.78, 5) is 11.7. The van der Waals surface area contributed by atoms with Crippen molar-refractivity contribution in [3.63, 3.8) is 0 Å². The maximum atomic E-state index is 11.7. The zero-order valence-electron chi connectivity index (χ0n) is 10.5. The van der Waals surface area contributed by atoms with Gasteiger partial charge in [0.05, 0.1) is 11.6 Å². The number of amides is 1. The number of nitrogens with zero attached hydrogens (tertiary/aromatic N) is 1. The van der Waals surface area contributed by atoms with Gasteiger partial charge in [-0.05, 0) is 37.5 Å². The molecule has 2 rings (SSSR count). The lowest BCUT2D eigenvalue weighted by molar-refractivity contribution is -0.116. The fourth-order valence-corrected chi connectivity index (χ4v) is 1.72. The highest BCUT2D eigenvalue weighted by molar-refractivity contribution is 5.91. The number of nitriles is 1. The van der Waals surface area contributed by atoms with E-state index in [4.69, 9.17) is 5.26 Å². The summed E-state index contributed by atoms with van der Waals surface area (Å²) in [5.41, 5.74) is 2.26. The Morgan fingerprint density at radius 3 is 2.94 bits per heavy atom. The molecule has 0 saturated heterocycles. The monoisotopic (exact) mass is 243 g/mol. The Bertz CT molecular complexity index is 486. The lowest BCUT2D eigenvalue weighted by Gasteiger charge is -2.09. The summed E-state index contributed by atoms with van der Waals surface area (Å²) in [5, 5.41) is 15.0. The molecular formula is C14H17N3O. The zero-order valence-corrected chi connectivity index (χ0v) is 10.5. The smallest absolute Gasteiger partial charge is 0.225 e. The van der Waals surface area contributed by atoms with E-state index in [9.17, 15) is 4.79 Å². The molecule has 4 heteroatoms. The van der Waals surface area contributed by atoms with E-state index in [1.807, 2.05) is 13.0 Å². The second-order valence-corrected chi connectivity index (χ2v) is 4.67. The average Bonchev–Trinajstić information content (AvgIpc) is 3.16. The van der Waals surface area contributed by atoms with E-state index in [1.54, 1.807) is 12.1 Å². The Labute approximate surface area is 107 Å². The second kappa shape index (κ2) is 5.65. The van der Waals surface area contributed by atoms with Gasteiger partial charge in [-0.15, -0.1) is 0 Å². The molecule has 1 aliphatic carbocycles. The first-order chi connectivity index (χ1) is 8.69. The van der Waals surface area contributed by atoms with E-state index < -0.39 is 0 Å². The number of aryl methyl sites for hydroxylation is 1. The van der Waals surface area contributed by atoms with E-state index in [-0.39, 0.29) is 5.91 Å². The van der Waals surface area contributed by atoms with Gasteiger partial charge in [0.15, 0.2) is 0 Å². The summed E-state index contributed by atoms with van der Waals surface area (Å²) in [6.07, 6.45) is 2.92. The molecule has 0 aromatic heterocycles. The topological polar surface area (TPSA) is 64.9 Å². The third kappa shape index (κ3) is 3.57. The van der Waals surface area contributed by atoms with Gasteiger partial charge in [0.25, 0.3) is 0 Å². The highest BCUT2D eigenvalue weighted by Gasteiger charge is 2.20. The minimum Gasteiger partial charge on any atom is -0.326 e. The van der Waals surface area contributed by atoms with Crippen molar-refractivity contribution in [2.75, 3.05) is 11.9 Å². The molecule has 1 saturated carbocycles. The minimum atomic E-state index is -0.0126. The van der Waals surface area contributed by atoms with Crippen molar-refractivity contribution in [3.8, 4) is 6.07 Å². The number of rotatable bonds is 5. The van der Waals surface area contributed by atoms with Crippen LogP contribution in [0.3, 0.4) is 0 Å². The number of nitrogens with one attached hydrogen (secondary N) is 2. The molecule has 1 amide bonds. The molecule has 94 valence electrons. The molecule has 0 radical (unpaired) electrons. The molecule has 0 aliphatic heterocycles. The summed E-state index contributed by atoms with van der Waals surface area (Å²) >= 11 is 0. The molecule has 1 aliphatic rings. The van der Waals surface area contributed by atoms with Gasteiger partial charge in [-0.1, -0.05) is 6.07 Å². The molecule has 1 fully saturated rings. The van der Waals surface area contributed by atoms with Crippen LogP contribution in [0.1, 0.15) is 30.4 Å². The standard InChI is InChI=1S/C14H17N3O/c1-10-2-3-11(9-15)8-13(10)17-14(18)6-7-16-12-4-5-12/h2-3,8,12,16H,4-7H2,1H3,(H,17,18). The predicted molar refractivity (Wildman–Crippen MR) is 70.2 cm³/mol. The van der Waals surface area contributed by atoms with Gasteiger partial charge in [-0.3, -0.25) is 4.79 Å². The van der Waals surface area contributed by atoms with E-state index in [0.717, 1.165) is 11.3 Å². The van der Waals surface area contributed by atoms with Gasteiger partial charge in [-0.2, -0.15) is 5.26 Å². The number of hydrogen-bond donors (Lipinski definition) is 2. The zero-order chi connectivity index (χ0) is 13.0. The molecule has 0 unspecified atom stereocenters. The maximum absolute atomic E-state index is 11.7. The van der Waals surface area contributed by atoms with Gasteiger partial charge >= 0.3 is 0 Å². The molecule has 4 nitrogen and oxygen atoms in total. The lowest BCUT2D eigenvalue weighted by atomic mass is 10.1. The van der Waals surface area contributed by atoms with Gasteiger partial charge in [0, 0.05) is 24.7 Å². The fourth-order valence-electron chi connectivity index (χ4n) is 1.72. The largest absolute Gasteiger partial charge is 0.326 e. The van der Waals surface area contributed by atoms with Crippen molar-refractivity contribution >= 4 is 11.6 Å². The van der Waals surface area contributed by atoms with Crippen molar-refractivity contribution in [1.82, 2.24) is 5.32 Å². The Kier molecular flexibility index (Phi) is 3.96. The van der Waals surface area contributed by atoms with Crippen LogP contribution in [0.2, 0.25) is 0 Å². The van der Waals surface area contributed by atoms with Crippen LogP contribution in [-0.4, -0.2) is 18.5 Å². The molecule has 0 spiro atoms. The Morgan fingerprint density at radius 2 is 2.28 bits per heavy atom. The van der Waals surface area contributed by atoms with Gasteiger partial charge in [0.1, 0.15) is 0 Å². The minimum absolute atomic E-state index is 0.0126. The van der Waals surface area contributed by atoms with Crippen molar-refractivity contribution in [2.24, 2.45) is 0 Å². The number of anilines is 1. The average molecular weight is 243 g/mol. The van der Waals surface area contributed by atoms with Gasteiger partial charge < -0.3 is 10.6 Å². The number of carbonyl (C=O) groups excluding carboxylic acids is 1. The highest BCUT2D eigenvalue weighted by atomic mass is 16.1. The van der Waals surface area contributed by atoms with Crippen molar-refractivity contribution in [3.05, 3.63) is 29.3 Å². The molecule has 2 N–H and O–H groups in total. The van der Waals surface area contributed by atoms with Gasteiger partial charge in [-0.25, -0.2) is 0 Å². The Balaban J connectivity index is 1.87. The van der Waals surface area contributed by atoms with Crippen molar-refractivity contribution in [2.45, 2.75) is 32.2 Å². The third-order valence-corrected chi connectivity index (χ3v) is 3.00. The van der Waals surface area contributed by atoms with Crippen LogP contribution in [0.4, 0.5) is 5.69 Å². The maximum Gasteiger partial charge on any atom is 0.225 e. The molecule has 18 heavy (non-hydrogen) atoms. The predicted octanol–water partition coefficient (Wildman–Crippen LogP) is 1.95. The normalized spacial score (nSPS) is 14.0. The molecule has 1 aromatic rings. The third-order valence-electron chi connectivity index (χ3n) is 3.00. The summed E-state index contributed by atoms with van der Waals surface area (Å²) in [7, 11) is 0. The summed E-state index contributed by atoms with van der Waals surface area (Å²) in [5.74, 6) is -0.0126. The van der Waals surface area contributed by atoms with Crippen LogP contribution in [0, 0.1) is 18.3 Å². The molecular weight excluding hydrogens is 226 g/mol. The van der Waals surface area contributed by atoms with Crippen LogP contribution >= 0.6 is 0 Å². The SMILES string of the molecule is Cc1ccc(C#N)cc1NC(=O)CCNC1CC1. The van der Waals surface area contributed by atoms with Crippen LogP contribution < -0.4 is 10.6 Å². The van der Waals surface area contributed by atoms with E-state index in [0.29, 0.717) is 24.6 Å². The van der Waals surface area contributed by atoms with Crippen LogP contribution in [-0.2, 0) is 4.79 Å². The molecule has 0 bridgehead atoms. The Hall–Kier alpha value is -1.86. The van der Waals surface area contributed by atoms with Crippen LogP contribution in [0.15, 0.2) is 18.2 Å². The van der Waals surface area contributed by atoms with Crippen molar-refractivity contribution in [1.29, 1.82) is 5.26 Å². The number of benzene rings is 1. The highest BCUT2D eigenvalue weighted by Crippen LogP contribution is 2.19.